The molecule has 1 aliphatic rings. The number of methoxy groups -OCH3 is 1. The Balaban J connectivity index is 1.54. The number of ether oxygens (including phenoxy) is 2. The van der Waals surface area contributed by atoms with E-state index in [1.165, 1.54) is 0 Å². The largest absolute Gasteiger partial charge is 0.496 e. The van der Waals surface area contributed by atoms with Gasteiger partial charge in [-0.15, -0.1) is 0 Å². The highest BCUT2D eigenvalue weighted by molar-refractivity contribution is 6.30. The Morgan fingerprint density at radius 3 is 2.49 bits per heavy atom. The second-order valence-electron chi connectivity index (χ2n) is 8.85. The Kier molecular flexibility index (Phi) is 7.10. The summed E-state index contributed by atoms with van der Waals surface area (Å²) < 4.78 is 12.5. The number of aromatic nitrogens is 3. The molecule has 0 bridgehead atoms. The van der Waals surface area contributed by atoms with Crippen molar-refractivity contribution >= 4 is 29.1 Å². The van der Waals surface area contributed by atoms with Gasteiger partial charge in [0, 0.05) is 35.3 Å². The zero-order valence-electron chi connectivity index (χ0n) is 20.7. The van der Waals surface area contributed by atoms with Crippen molar-refractivity contribution in [2.75, 3.05) is 26.8 Å². The Hall–Kier alpha value is -3.91. The summed E-state index contributed by atoms with van der Waals surface area (Å²) in [6.45, 7) is 3.09. The molecule has 0 radical (unpaired) electrons. The van der Waals surface area contributed by atoms with Gasteiger partial charge in [-0.05, 0) is 50.1 Å². The number of hydrogen-bond acceptors (Lipinski definition) is 6. The molecule has 0 saturated carbocycles. The third kappa shape index (κ3) is 5.02. The van der Waals surface area contributed by atoms with Crippen LogP contribution in [0.5, 0.6) is 5.75 Å². The quantitative estimate of drug-likeness (QED) is 0.328. The third-order valence-corrected chi connectivity index (χ3v) is 6.82. The molecular formula is C28H27ClN4O4. The number of hydrogen-bond donors (Lipinski definition) is 0. The van der Waals surface area contributed by atoms with Crippen LogP contribution in [0.4, 0.5) is 0 Å². The minimum atomic E-state index is -0.193. The predicted molar refractivity (Wildman–Crippen MR) is 141 cm³/mol. The molecule has 3 heterocycles. The highest BCUT2D eigenvalue weighted by Crippen LogP contribution is 2.32. The number of nitrogens with zero attached hydrogens (tertiary/aromatic N) is 4. The van der Waals surface area contributed by atoms with E-state index >= 15 is 0 Å². The fourth-order valence-corrected chi connectivity index (χ4v) is 4.76. The number of carbonyl (C=O) groups is 2. The van der Waals surface area contributed by atoms with Gasteiger partial charge in [0.25, 0.3) is 5.91 Å². The first-order chi connectivity index (χ1) is 18.0. The van der Waals surface area contributed by atoms with Crippen LogP contribution in [0.1, 0.15) is 30.3 Å². The zero-order valence-corrected chi connectivity index (χ0v) is 21.4. The van der Waals surface area contributed by atoms with Gasteiger partial charge in [0.2, 0.25) is 0 Å². The van der Waals surface area contributed by atoms with Crippen molar-refractivity contribution in [1.29, 1.82) is 0 Å². The van der Waals surface area contributed by atoms with Crippen LogP contribution < -0.4 is 4.74 Å². The number of benzene rings is 2. The lowest BCUT2D eigenvalue weighted by atomic mass is 9.96. The van der Waals surface area contributed by atoms with Crippen molar-refractivity contribution in [3.05, 3.63) is 71.4 Å². The van der Waals surface area contributed by atoms with Crippen LogP contribution in [0.2, 0.25) is 5.02 Å². The van der Waals surface area contributed by atoms with E-state index in [1.807, 2.05) is 54.6 Å². The first-order valence-corrected chi connectivity index (χ1v) is 12.6. The van der Waals surface area contributed by atoms with Crippen LogP contribution in [0.25, 0.3) is 28.2 Å². The number of amides is 1. The number of rotatable bonds is 6. The van der Waals surface area contributed by atoms with Crippen molar-refractivity contribution in [3.63, 3.8) is 0 Å². The maximum Gasteiger partial charge on any atom is 0.309 e. The normalized spacial score (nSPS) is 14.1. The Bertz CT molecular complexity index is 1440. The van der Waals surface area contributed by atoms with E-state index in [0.29, 0.717) is 66.0 Å². The third-order valence-electron chi connectivity index (χ3n) is 6.57. The monoisotopic (exact) mass is 518 g/mol. The summed E-state index contributed by atoms with van der Waals surface area (Å²) in [6.07, 6.45) is 1.14. The van der Waals surface area contributed by atoms with E-state index in [9.17, 15) is 9.59 Å². The maximum absolute atomic E-state index is 13.6. The molecule has 0 unspecified atom stereocenters. The van der Waals surface area contributed by atoms with Gasteiger partial charge < -0.3 is 14.4 Å². The molecule has 9 heteroatoms. The number of halogens is 1. The molecule has 1 amide bonds. The minimum absolute atomic E-state index is 0.180. The van der Waals surface area contributed by atoms with Crippen LogP contribution in [-0.2, 0) is 9.53 Å². The van der Waals surface area contributed by atoms with Crippen LogP contribution in [0, 0.1) is 5.92 Å². The van der Waals surface area contributed by atoms with Crippen molar-refractivity contribution in [2.24, 2.45) is 5.92 Å². The Morgan fingerprint density at radius 2 is 1.78 bits per heavy atom. The lowest BCUT2D eigenvalue weighted by Crippen LogP contribution is -2.41. The molecule has 1 fully saturated rings. The first-order valence-electron chi connectivity index (χ1n) is 12.2. The Labute approximate surface area is 219 Å². The van der Waals surface area contributed by atoms with E-state index in [0.717, 1.165) is 11.1 Å². The molecule has 0 spiro atoms. The van der Waals surface area contributed by atoms with Gasteiger partial charge in [0.05, 0.1) is 31.0 Å². The van der Waals surface area contributed by atoms with E-state index in [4.69, 9.17) is 31.2 Å². The smallest absolute Gasteiger partial charge is 0.309 e. The summed E-state index contributed by atoms with van der Waals surface area (Å²) in [5.74, 6) is 0.101. The second kappa shape index (κ2) is 10.6. The number of fused-ring (bicyclic) bond motifs is 1. The second-order valence-corrected chi connectivity index (χ2v) is 9.29. The molecule has 2 aromatic heterocycles. The average molecular weight is 519 g/mol. The zero-order chi connectivity index (χ0) is 25.9. The average Bonchev–Trinajstić information content (AvgIpc) is 3.37. The van der Waals surface area contributed by atoms with E-state index < -0.39 is 0 Å². The highest BCUT2D eigenvalue weighted by Gasteiger charge is 2.30. The summed E-state index contributed by atoms with van der Waals surface area (Å²) in [6, 6.07) is 18.6. The van der Waals surface area contributed by atoms with Gasteiger partial charge in [-0.3, -0.25) is 9.59 Å². The highest BCUT2D eigenvalue weighted by atomic mass is 35.5. The summed E-state index contributed by atoms with van der Waals surface area (Å²) in [4.78, 5) is 32.1. The van der Waals surface area contributed by atoms with Gasteiger partial charge in [-0.25, -0.2) is 9.50 Å². The molecule has 37 heavy (non-hydrogen) atoms. The van der Waals surface area contributed by atoms with Crippen LogP contribution in [0.3, 0.4) is 0 Å². The molecule has 1 aliphatic heterocycles. The molecular weight excluding hydrogens is 492 g/mol. The van der Waals surface area contributed by atoms with Crippen LogP contribution in [-0.4, -0.2) is 58.2 Å². The number of esters is 1. The molecule has 5 rings (SSSR count). The molecule has 1 saturated heterocycles. The summed E-state index contributed by atoms with van der Waals surface area (Å²) in [5, 5.41) is 5.44. The van der Waals surface area contributed by atoms with Crippen LogP contribution in [0.15, 0.2) is 60.7 Å². The summed E-state index contributed by atoms with van der Waals surface area (Å²) >= 11 is 6.07. The Morgan fingerprint density at radius 1 is 1.05 bits per heavy atom. The number of piperidine rings is 1. The number of likely N-dealkylation sites (tertiary alicyclic amines) is 1. The molecule has 2 aromatic carbocycles. The standard InChI is InChI=1S/C28H27ClN4O4/c1-3-37-28(35)19-12-14-32(15-13-19)27(34)23-16-24(21-6-4-5-7-25(21)36-2)33-26(30-23)17-22(31-33)18-8-10-20(29)11-9-18/h4-11,16-17,19H,3,12-15H2,1-2H3. The first kappa shape index (κ1) is 24.8. The van der Waals surface area contributed by atoms with Crippen molar-refractivity contribution in [3.8, 4) is 28.3 Å². The SMILES string of the molecule is CCOC(=O)C1CCN(C(=O)c2cc(-c3ccccc3OC)n3nc(-c4ccc(Cl)cc4)cc3n2)CC1. The predicted octanol–water partition coefficient (Wildman–Crippen LogP) is 5.14. The fourth-order valence-electron chi connectivity index (χ4n) is 4.63. The fraction of sp³-hybridized carbons (Fsp3) is 0.286. The van der Waals surface area contributed by atoms with Crippen LogP contribution >= 0.6 is 11.6 Å². The van der Waals surface area contributed by atoms with Gasteiger partial charge in [0.1, 0.15) is 11.4 Å². The molecule has 4 aromatic rings. The van der Waals surface area contributed by atoms with Crippen molar-refractivity contribution in [2.45, 2.75) is 19.8 Å². The van der Waals surface area contributed by atoms with E-state index in [2.05, 4.69) is 0 Å². The lowest BCUT2D eigenvalue weighted by Gasteiger charge is -2.30. The van der Waals surface area contributed by atoms with Gasteiger partial charge >= 0.3 is 5.97 Å². The van der Waals surface area contributed by atoms with E-state index in [-0.39, 0.29) is 17.8 Å². The molecule has 0 N–H and O–H groups in total. The maximum atomic E-state index is 13.6. The van der Waals surface area contributed by atoms with E-state index in [1.54, 1.807) is 29.5 Å². The summed E-state index contributed by atoms with van der Waals surface area (Å²) in [5.41, 5.74) is 3.92. The molecule has 0 aliphatic carbocycles. The van der Waals surface area contributed by atoms with Gasteiger partial charge in [0.15, 0.2) is 5.65 Å². The number of carbonyl (C=O) groups excluding carboxylic acids is 2. The topological polar surface area (TPSA) is 86.0 Å². The lowest BCUT2D eigenvalue weighted by molar-refractivity contribution is -0.149. The van der Waals surface area contributed by atoms with Crippen molar-refractivity contribution in [1.82, 2.24) is 19.5 Å². The molecule has 190 valence electrons. The molecule has 0 atom stereocenters. The van der Waals surface area contributed by atoms with Gasteiger partial charge in [-0.1, -0.05) is 35.9 Å². The summed E-state index contributed by atoms with van der Waals surface area (Å²) in [7, 11) is 1.61. The number of para-hydroxylation sites is 1. The van der Waals surface area contributed by atoms with Gasteiger partial charge in [-0.2, -0.15) is 5.10 Å². The van der Waals surface area contributed by atoms with Crippen molar-refractivity contribution < 1.29 is 19.1 Å². The molecule has 8 nitrogen and oxygen atoms in total. The minimum Gasteiger partial charge on any atom is -0.496 e.